The smallest absolute Gasteiger partial charge is 0.324 e. The fourth-order valence-electron chi connectivity index (χ4n) is 3.65. The number of hydrogen-bond acceptors (Lipinski definition) is 3. The summed E-state index contributed by atoms with van der Waals surface area (Å²) in [5.74, 6) is -1.63. The Labute approximate surface area is 159 Å². The molecule has 138 valence electrons. The number of aryl methyl sites for hydroxylation is 1. The van der Waals surface area contributed by atoms with Gasteiger partial charge in [0.25, 0.3) is 5.91 Å². The van der Waals surface area contributed by atoms with Crippen LogP contribution in [0, 0.1) is 5.82 Å². The van der Waals surface area contributed by atoms with E-state index in [1.54, 1.807) is 0 Å². The number of anilines is 1. The van der Waals surface area contributed by atoms with E-state index >= 15 is 0 Å². The minimum atomic E-state index is -1.10. The molecule has 0 unspecified atom stereocenters. The van der Waals surface area contributed by atoms with Gasteiger partial charge in [0.15, 0.2) is 0 Å². The Morgan fingerprint density at radius 3 is 2.81 bits per heavy atom. The van der Waals surface area contributed by atoms with E-state index in [-0.39, 0.29) is 10.7 Å². The number of nitrogens with zero attached hydrogens (tertiary/aromatic N) is 1. The van der Waals surface area contributed by atoms with Gasteiger partial charge in [-0.15, -0.1) is 0 Å². The highest BCUT2D eigenvalue weighted by Gasteiger charge is 2.55. The number of hydrogen-bond donors (Lipinski definition) is 2. The van der Waals surface area contributed by atoms with Crippen molar-refractivity contribution in [2.75, 3.05) is 11.9 Å². The van der Waals surface area contributed by atoms with Crippen LogP contribution in [0.5, 0.6) is 0 Å². The van der Waals surface area contributed by atoms with Gasteiger partial charge in [0, 0.05) is 5.69 Å². The molecule has 27 heavy (non-hydrogen) atoms. The van der Waals surface area contributed by atoms with Crippen LogP contribution < -0.4 is 10.6 Å². The fraction of sp³-hybridized carbons (Fsp3) is 0.211. The zero-order valence-electron chi connectivity index (χ0n) is 14.1. The first-order chi connectivity index (χ1) is 12.9. The van der Waals surface area contributed by atoms with Crippen molar-refractivity contribution >= 4 is 35.1 Å². The van der Waals surface area contributed by atoms with Crippen molar-refractivity contribution in [3.63, 3.8) is 0 Å². The Morgan fingerprint density at radius 1 is 1.26 bits per heavy atom. The minimum absolute atomic E-state index is 0.135. The van der Waals surface area contributed by atoms with Crippen molar-refractivity contribution in [2.24, 2.45) is 0 Å². The SMILES string of the molecule is O=C(CN1C(=O)N[C@]2(CCc3ccccc32)C1=O)Nc1ccc(F)c(Cl)c1. The number of benzene rings is 2. The summed E-state index contributed by atoms with van der Waals surface area (Å²) in [7, 11) is 0. The van der Waals surface area contributed by atoms with Crippen LogP contribution in [0.1, 0.15) is 17.5 Å². The number of amides is 4. The first-order valence-corrected chi connectivity index (χ1v) is 8.76. The second-order valence-corrected chi connectivity index (χ2v) is 6.97. The number of halogens is 2. The maximum atomic E-state index is 13.2. The lowest BCUT2D eigenvalue weighted by Crippen LogP contribution is -2.43. The zero-order valence-corrected chi connectivity index (χ0v) is 14.8. The average molecular weight is 388 g/mol. The standard InChI is InChI=1S/C19H15ClFN3O3/c20-14-9-12(5-6-15(14)21)22-16(25)10-24-17(26)19(23-18(24)27)8-7-11-3-1-2-4-13(11)19/h1-6,9H,7-8,10H2,(H,22,25)(H,23,27)/t19-/m0/s1. The topological polar surface area (TPSA) is 78.5 Å². The van der Waals surface area contributed by atoms with Gasteiger partial charge in [-0.1, -0.05) is 35.9 Å². The van der Waals surface area contributed by atoms with Gasteiger partial charge in [0.2, 0.25) is 5.91 Å². The molecule has 4 amide bonds. The van der Waals surface area contributed by atoms with E-state index in [1.165, 1.54) is 12.1 Å². The summed E-state index contributed by atoms with van der Waals surface area (Å²) in [6.07, 6.45) is 1.14. The van der Waals surface area contributed by atoms with Crippen molar-refractivity contribution in [1.82, 2.24) is 10.2 Å². The lowest BCUT2D eigenvalue weighted by atomic mass is 9.92. The molecule has 2 aliphatic rings. The Morgan fingerprint density at radius 2 is 2.04 bits per heavy atom. The van der Waals surface area contributed by atoms with E-state index in [4.69, 9.17) is 11.6 Å². The average Bonchev–Trinajstić information content (AvgIpc) is 3.12. The highest BCUT2D eigenvalue weighted by molar-refractivity contribution is 6.31. The largest absolute Gasteiger partial charge is 0.325 e. The number of urea groups is 1. The van der Waals surface area contributed by atoms with E-state index in [0.29, 0.717) is 12.8 Å². The van der Waals surface area contributed by atoms with E-state index in [0.717, 1.165) is 22.1 Å². The van der Waals surface area contributed by atoms with E-state index in [2.05, 4.69) is 10.6 Å². The van der Waals surface area contributed by atoms with Crippen molar-refractivity contribution in [3.8, 4) is 0 Å². The normalized spacial score (nSPS) is 20.7. The Hall–Kier alpha value is -2.93. The number of rotatable bonds is 3. The summed E-state index contributed by atoms with van der Waals surface area (Å²) in [5.41, 5.74) is 0.960. The lowest BCUT2D eigenvalue weighted by Gasteiger charge is -2.22. The zero-order chi connectivity index (χ0) is 19.2. The summed E-state index contributed by atoms with van der Waals surface area (Å²) in [4.78, 5) is 38.6. The molecule has 2 aromatic carbocycles. The highest BCUT2D eigenvalue weighted by Crippen LogP contribution is 2.41. The molecule has 8 heteroatoms. The predicted octanol–water partition coefficient (Wildman–Crippen LogP) is 2.81. The van der Waals surface area contributed by atoms with Gasteiger partial charge in [0.1, 0.15) is 17.9 Å². The molecule has 1 fully saturated rings. The number of nitrogens with one attached hydrogen (secondary N) is 2. The van der Waals surface area contributed by atoms with E-state index in [9.17, 15) is 18.8 Å². The van der Waals surface area contributed by atoms with Crippen LogP contribution in [0.4, 0.5) is 14.9 Å². The van der Waals surface area contributed by atoms with Crippen LogP contribution in [0.25, 0.3) is 0 Å². The molecule has 2 N–H and O–H groups in total. The Kier molecular flexibility index (Phi) is 4.11. The van der Waals surface area contributed by atoms with Crippen LogP contribution in [-0.2, 0) is 21.5 Å². The molecule has 6 nitrogen and oxygen atoms in total. The molecule has 1 aliphatic carbocycles. The van der Waals surface area contributed by atoms with Gasteiger partial charge in [-0.2, -0.15) is 0 Å². The molecule has 1 atom stereocenters. The summed E-state index contributed by atoms with van der Waals surface area (Å²) in [6.45, 7) is -0.441. The summed E-state index contributed by atoms with van der Waals surface area (Å²) < 4.78 is 13.2. The van der Waals surface area contributed by atoms with Crippen molar-refractivity contribution in [1.29, 1.82) is 0 Å². The van der Waals surface area contributed by atoms with Gasteiger partial charge in [-0.05, 0) is 42.2 Å². The van der Waals surface area contributed by atoms with Crippen molar-refractivity contribution in [3.05, 3.63) is 64.4 Å². The van der Waals surface area contributed by atoms with Gasteiger partial charge < -0.3 is 10.6 Å². The number of fused-ring (bicyclic) bond motifs is 2. The lowest BCUT2D eigenvalue weighted by molar-refractivity contribution is -0.134. The summed E-state index contributed by atoms with van der Waals surface area (Å²) in [5, 5.41) is 5.14. The molecule has 1 aliphatic heterocycles. The van der Waals surface area contributed by atoms with Gasteiger partial charge in [0.05, 0.1) is 5.02 Å². The maximum absolute atomic E-state index is 13.2. The van der Waals surface area contributed by atoms with Crippen LogP contribution >= 0.6 is 11.6 Å². The molecule has 4 rings (SSSR count). The van der Waals surface area contributed by atoms with E-state index in [1.807, 2.05) is 24.3 Å². The molecular weight excluding hydrogens is 373 g/mol. The van der Waals surface area contributed by atoms with Crippen molar-refractivity contribution < 1.29 is 18.8 Å². The van der Waals surface area contributed by atoms with Gasteiger partial charge >= 0.3 is 6.03 Å². The molecule has 1 spiro atoms. The number of carbonyl (C=O) groups excluding carboxylic acids is 3. The third kappa shape index (κ3) is 2.84. The molecule has 0 saturated carbocycles. The quantitative estimate of drug-likeness (QED) is 0.795. The van der Waals surface area contributed by atoms with Crippen LogP contribution in [0.15, 0.2) is 42.5 Å². The maximum Gasteiger partial charge on any atom is 0.325 e. The first-order valence-electron chi connectivity index (χ1n) is 8.38. The molecule has 2 aromatic rings. The highest BCUT2D eigenvalue weighted by atomic mass is 35.5. The molecule has 1 saturated heterocycles. The summed E-state index contributed by atoms with van der Waals surface area (Å²) in [6, 6.07) is 10.6. The van der Waals surface area contributed by atoms with E-state index < -0.39 is 35.7 Å². The van der Waals surface area contributed by atoms with Crippen LogP contribution in [-0.4, -0.2) is 29.3 Å². The van der Waals surface area contributed by atoms with Crippen LogP contribution in [0.2, 0.25) is 5.02 Å². The Balaban J connectivity index is 1.52. The molecule has 0 radical (unpaired) electrons. The minimum Gasteiger partial charge on any atom is -0.324 e. The van der Waals surface area contributed by atoms with Crippen molar-refractivity contribution in [2.45, 2.75) is 18.4 Å². The fourth-order valence-corrected chi connectivity index (χ4v) is 3.83. The molecular formula is C19H15ClFN3O3. The second-order valence-electron chi connectivity index (χ2n) is 6.56. The number of imide groups is 1. The predicted molar refractivity (Wildman–Crippen MR) is 96.7 cm³/mol. The summed E-state index contributed by atoms with van der Waals surface area (Å²) >= 11 is 5.69. The van der Waals surface area contributed by atoms with Gasteiger partial charge in [-0.25, -0.2) is 9.18 Å². The van der Waals surface area contributed by atoms with Gasteiger partial charge in [-0.3, -0.25) is 14.5 Å². The molecule has 1 heterocycles. The monoisotopic (exact) mass is 387 g/mol. The van der Waals surface area contributed by atoms with Crippen LogP contribution in [0.3, 0.4) is 0 Å². The number of carbonyl (C=O) groups is 3. The molecule has 0 bridgehead atoms. The second kappa shape index (κ2) is 6.35. The third-order valence-corrected chi connectivity index (χ3v) is 5.22. The Bertz CT molecular complexity index is 980. The first kappa shape index (κ1) is 17.5. The molecule has 0 aromatic heterocycles. The third-order valence-electron chi connectivity index (χ3n) is 4.93.